The summed E-state index contributed by atoms with van der Waals surface area (Å²) in [4.78, 5) is 23.3. The van der Waals surface area contributed by atoms with Gasteiger partial charge in [0, 0.05) is 37.6 Å². The summed E-state index contributed by atoms with van der Waals surface area (Å²) in [5.41, 5.74) is 2.79. The molecule has 0 saturated carbocycles. The minimum atomic E-state index is 0.138. The number of hydrogen-bond donors (Lipinski definition) is 0. The molecule has 1 amide bonds. The summed E-state index contributed by atoms with van der Waals surface area (Å²) in [6.45, 7) is 5.85. The van der Waals surface area contributed by atoms with Crippen molar-refractivity contribution in [3.63, 3.8) is 0 Å². The summed E-state index contributed by atoms with van der Waals surface area (Å²) in [5.74, 6) is 1.79. The molecule has 3 aromatic heterocycles. The molecule has 8 nitrogen and oxygen atoms in total. The van der Waals surface area contributed by atoms with Crippen molar-refractivity contribution >= 4 is 5.91 Å². The second-order valence-electron chi connectivity index (χ2n) is 7.73. The van der Waals surface area contributed by atoms with Crippen LogP contribution >= 0.6 is 0 Å². The van der Waals surface area contributed by atoms with Crippen molar-refractivity contribution in [3.8, 4) is 11.5 Å². The largest absolute Gasteiger partial charge is 0.341 e. The fraction of sp³-hybridized carbons (Fsp3) is 0.476. The monoisotopic (exact) mass is 394 g/mol. The predicted molar refractivity (Wildman–Crippen MR) is 107 cm³/mol. The van der Waals surface area contributed by atoms with E-state index in [0.29, 0.717) is 24.2 Å². The number of aryl methyl sites for hydroxylation is 3. The Labute approximate surface area is 169 Å². The Morgan fingerprint density at radius 2 is 2.24 bits per heavy atom. The topological polar surface area (TPSA) is 89.9 Å². The zero-order valence-electron chi connectivity index (χ0n) is 16.9. The van der Waals surface area contributed by atoms with Gasteiger partial charge in [0.25, 0.3) is 5.89 Å². The Morgan fingerprint density at radius 3 is 3.00 bits per heavy atom. The Balaban J connectivity index is 1.30. The number of aromatic nitrogens is 5. The number of hydrogen-bond acceptors (Lipinski definition) is 6. The lowest BCUT2D eigenvalue weighted by Gasteiger charge is -2.32. The first-order chi connectivity index (χ1) is 14.1. The van der Waals surface area contributed by atoms with Crippen molar-refractivity contribution in [1.82, 2.24) is 29.8 Å². The number of piperidine rings is 1. The van der Waals surface area contributed by atoms with Gasteiger partial charge in [0.05, 0.1) is 11.3 Å². The number of likely N-dealkylation sites (tertiary alicyclic amines) is 1. The van der Waals surface area contributed by atoms with E-state index in [2.05, 4.69) is 20.2 Å². The third kappa shape index (κ3) is 4.70. The van der Waals surface area contributed by atoms with Gasteiger partial charge in [-0.3, -0.25) is 14.5 Å². The maximum atomic E-state index is 12.7. The molecule has 0 bridgehead atoms. The minimum Gasteiger partial charge on any atom is -0.341 e. The van der Waals surface area contributed by atoms with E-state index in [9.17, 15) is 4.79 Å². The van der Waals surface area contributed by atoms with Gasteiger partial charge in [-0.05, 0) is 57.2 Å². The number of pyridine rings is 1. The third-order valence-corrected chi connectivity index (χ3v) is 5.41. The number of nitrogens with zero attached hydrogens (tertiary/aromatic N) is 6. The highest BCUT2D eigenvalue weighted by molar-refractivity contribution is 5.76. The fourth-order valence-corrected chi connectivity index (χ4v) is 3.89. The highest BCUT2D eigenvalue weighted by atomic mass is 16.5. The van der Waals surface area contributed by atoms with Crippen LogP contribution in [0.15, 0.2) is 35.1 Å². The molecular formula is C21H26N6O2. The van der Waals surface area contributed by atoms with Gasteiger partial charge in [0.2, 0.25) is 5.91 Å². The maximum Gasteiger partial charge on any atom is 0.259 e. The second kappa shape index (κ2) is 8.55. The number of carbonyl (C=O) groups excluding carboxylic acids is 1. The quantitative estimate of drug-likeness (QED) is 0.639. The number of amides is 1. The fourth-order valence-electron chi connectivity index (χ4n) is 3.89. The molecular weight excluding hydrogens is 368 g/mol. The van der Waals surface area contributed by atoms with Crippen LogP contribution in [0.2, 0.25) is 0 Å². The van der Waals surface area contributed by atoms with Gasteiger partial charge in [0.1, 0.15) is 6.54 Å². The third-order valence-electron chi connectivity index (χ3n) is 5.41. The van der Waals surface area contributed by atoms with E-state index in [0.717, 1.165) is 55.7 Å². The Hall–Kier alpha value is -3.03. The highest BCUT2D eigenvalue weighted by Gasteiger charge is 2.24. The van der Waals surface area contributed by atoms with Crippen LogP contribution in [0.4, 0.5) is 0 Å². The Morgan fingerprint density at radius 1 is 1.34 bits per heavy atom. The molecule has 0 aliphatic carbocycles. The molecule has 1 saturated heterocycles. The van der Waals surface area contributed by atoms with Gasteiger partial charge in [-0.15, -0.1) is 0 Å². The van der Waals surface area contributed by atoms with E-state index < -0.39 is 0 Å². The van der Waals surface area contributed by atoms with Crippen LogP contribution in [0.25, 0.3) is 11.5 Å². The predicted octanol–water partition coefficient (Wildman–Crippen LogP) is 2.82. The molecule has 0 N–H and O–H groups in total. The standard InChI is InChI=1S/C21H26N6O2/c1-15-11-16(2)27(24-15)14-20(28)26-10-4-5-17(13-26)7-8-19-23-21(29-25-19)18-6-3-9-22-12-18/h3,6,9,11-12,17H,4-5,7-8,10,13-14H2,1-2H3. The molecule has 1 aliphatic heterocycles. The lowest BCUT2D eigenvalue weighted by Crippen LogP contribution is -2.41. The summed E-state index contributed by atoms with van der Waals surface area (Å²) in [5, 5.41) is 8.50. The van der Waals surface area contributed by atoms with E-state index in [1.165, 1.54) is 0 Å². The minimum absolute atomic E-state index is 0.138. The van der Waals surface area contributed by atoms with Crippen LogP contribution in [0.3, 0.4) is 0 Å². The molecule has 0 aromatic carbocycles. The lowest BCUT2D eigenvalue weighted by atomic mass is 9.93. The van der Waals surface area contributed by atoms with Gasteiger partial charge >= 0.3 is 0 Å². The molecule has 0 spiro atoms. The van der Waals surface area contributed by atoms with E-state index >= 15 is 0 Å². The van der Waals surface area contributed by atoms with Crippen LogP contribution < -0.4 is 0 Å². The molecule has 3 aromatic rings. The zero-order chi connectivity index (χ0) is 20.2. The summed E-state index contributed by atoms with van der Waals surface area (Å²) in [6.07, 6.45) is 7.26. The average molecular weight is 394 g/mol. The normalized spacial score (nSPS) is 16.9. The van der Waals surface area contributed by atoms with Crippen LogP contribution in [-0.2, 0) is 17.8 Å². The van der Waals surface area contributed by atoms with Gasteiger partial charge in [0.15, 0.2) is 5.82 Å². The molecule has 4 heterocycles. The van der Waals surface area contributed by atoms with Gasteiger partial charge in [-0.25, -0.2) is 0 Å². The molecule has 1 atom stereocenters. The first-order valence-electron chi connectivity index (χ1n) is 10.1. The van der Waals surface area contributed by atoms with Gasteiger partial charge in [-0.2, -0.15) is 10.1 Å². The van der Waals surface area contributed by atoms with E-state index in [1.54, 1.807) is 17.1 Å². The molecule has 1 unspecified atom stereocenters. The number of carbonyl (C=O) groups is 1. The zero-order valence-corrected chi connectivity index (χ0v) is 16.9. The van der Waals surface area contributed by atoms with Crippen LogP contribution in [-0.4, -0.2) is 48.8 Å². The smallest absolute Gasteiger partial charge is 0.259 e. The molecule has 0 radical (unpaired) electrons. The van der Waals surface area contributed by atoms with Crippen LogP contribution in [0.5, 0.6) is 0 Å². The number of rotatable bonds is 6. The van der Waals surface area contributed by atoms with Crippen molar-refractivity contribution < 1.29 is 9.32 Å². The average Bonchev–Trinajstić information content (AvgIpc) is 3.33. The lowest BCUT2D eigenvalue weighted by molar-refractivity contribution is -0.133. The first-order valence-corrected chi connectivity index (χ1v) is 10.1. The van der Waals surface area contributed by atoms with Gasteiger partial charge < -0.3 is 9.42 Å². The van der Waals surface area contributed by atoms with Crippen molar-refractivity contribution in [2.45, 2.75) is 46.1 Å². The molecule has 8 heteroatoms. The molecule has 4 rings (SSSR count). The van der Waals surface area contributed by atoms with E-state index in [-0.39, 0.29) is 5.91 Å². The molecule has 1 aliphatic rings. The van der Waals surface area contributed by atoms with Crippen molar-refractivity contribution in [2.24, 2.45) is 5.92 Å². The SMILES string of the molecule is Cc1cc(C)n(CC(=O)N2CCCC(CCc3noc(-c4cccnc4)n3)C2)n1. The molecule has 1 fully saturated rings. The molecule has 29 heavy (non-hydrogen) atoms. The van der Waals surface area contributed by atoms with Crippen molar-refractivity contribution in [2.75, 3.05) is 13.1 Å². The highest BCUT2D eigenvalue weighted by Crippen LogP contribution is 2.22. The Kier molecular flexibility index (Phi) is 5.69. The Bertz CT molecular complexity index is 965. The maximum absolute atomic E-state index is 12.7. The molecule has 152 valence electrons. The van der Waals surface area contributed by atoms with Crippen LogP contribution in [0, 0.1) is 19.8 Å². The second-order valence-corrected chi connectivity index (χ2v) is 7.73. The summed E-state index contributed by atoms with van der Waals surface area (Å²) < 4.78 is 7.15. The van der Waals surface area contributed by atoms with Gasteiger partial charge in [-0.1, -0.05) is 5.16 Å². The van der Waals surface area contributed by atoms with Crippen LogP contribution in [0.1, 0.15) is 36.5 Å². The van der Waals surface area contributed by atoms with E-state index in [1.807, 2.05) is 36.9 Å². The summed E-state index contributed by atoms with van der Waals surface area (Å²) >= 11 is 0. The first kappa shape index (κ1) is 19.3. The summed E-state index contributed by atoms with van der Waals surface area (Å²) in [7, 11) is 0. The van der Waals surface area contributed by atoms with Crippen molar-refractivity contribution in [3.05, 3.63) is 47.8 Å². The van der Waals surface area contributed by atoms with E-state index in [4.69, 9.17) is 4.52 Å². The summed E-state index contributed by atoms with van der Waals surface area (Å²) in [6, 6.07) is 5.74. The van der Waals surface area contributed by atoms with Crippen molar-refractivity contribution in [1.29, 1.82) is 0 Å².